The zero-order valence-electron chi connectivity index (χ0n) is 37.1. The van der Waals surface area contributed by atoms with Crippen LogP contribution in [0.4, 0.5) is 0 Å². The van der Waals surface area contributed by atoms with Gasteiger partial charge in [-0.25, -0.2) is 9.13 Å². The molecule has 1 saturated carbocycles. The summed E-state index contributed by atoms with van der Waals surface area (Å²) in [4.78, 5) is 54.2. The Morgan fingerprint density at radius 1 is 0.508 bits per heavy atom. The van der Waals surface area contributed by atoms with Gasteiger partial charge in [0, 0.05) is 12.8 Å². The maximum absolute atomic E-state index is 13.0. The molecule has 0 spiro atoms. The van der Waals surface area contributed by atoms with Crippen LogP contribution in [0.1, 0.15) is 194 Å². The van der Waals surface area contributed by atoms with Gasteiger partial charge < -0.3 is 44.6 Å². The Bertz CT molecular complexity index is 1250. The Balaban J connectivity index is 2.61. The van der Waals surface area contributed by atoms with Crippen LogP contribution in [-0.2, 0) is 41.8 Å². The van der Waals surface area contributed by atoms with E-state index < -0.39 is 83.5 Å². The Kier molecular flexibility index (Phi) is 33.2. The van der Waals surface area contributed by atoms with Crippen LogP contribution in [0, 0.1) is 0 Å². The normalized spacial score (nSPS) is 22.3. The maximum atomic E-state index is 13.0. The van der Waals surface area contributed by atoms with Crippen molar-refractivity contribution in [1.82, 2.24) is 0 Å². The van der Waals surface area contributed by atoms with Crippen LogP contribution < -0.4 is 0 Å². The molecule has 18 heteroatoms. The van der Waals surface area contributed by atoms with Crippen molar-refractivity contribution in [3.63, 3.8) is 0 Å². The first-order valence-electron chi connectivity index (χ1n) is 23.2. The second kappa shape index (κ2) is 35.1. The molecule has 0 aromatic heterocycles. The lowest BCUT2D eigenvalue weighted by atomic mass is 9.85. The number of phosphoric ester groups is 2. The average molecular weight is 917 g/mol. The standard InChI is InChI=1S/C43H82O16P2/c1-3-5-7-9-11-13-15-17-18-20-21-23-25-27-29-31-36(44)55-33-35(57-37(45)32-30-28-26-24-22-19-16-14-12-10-8-6-4-2)34-56-61(53,54)59-43-40(48)38(46)39(47)42(41(43)49)58-60(50,51)52/h22,24,35,38-43,46-49H,3-21,23,25-34H2,1-2H3,(H,53,54)(H2,50,51,52)/b24-22-/t35-,38-,39-,40-,41-,42+,43-/m1/s1. The number of aliphatic hydroxyl groups excluding tert-OH is 4. The van der Waals surface area contributed by atoms with Crippen molar-refractivity contribution >= 4 is 27.6 Å². The molecular formula is C43H82O16P2. The molecule has 61 heavy (non-hydrogen) atoms. The quantitative estimate of drug-likeness (QED) is 0.0132. The summed E-state index contributed by atoms with van der Waals surface area (Å²) in [5.74, 6) is -1.22. The van der Waals surface area contributed by atoms with Crippen molar-refractivity contribution in [3.05, 3.63) is 12.2 Å². The second-order valence-corrected chi connectivity index (χ2v) is 19.1. The molecule has 0 amide bonds. The van der Waals surface area contributed by atoms with Gasteiger partial charge in [-0.15, -0.1) is 0 Å². The molecule has 0 aromatic carbocycles. The number of rotatable bonds is 39. The smallest absolute Gasteiger partial charge is 0.462 e. The molecule has 360 valence electrons. The van der Waals surface area contributed by atoms with E-state index in [0.29, 0.717) is 12.8 Å². The molecule has 1 rings (SSSR count). The Morgan fingerprint density at radius 3 is 1.38 bits per heavy atom. The van der Waals surface area contributed by atoms with Gasteiger partial charge in [0.2, 0.25) is 0 Å². The number of carbonyl (C=O) groups excluding carboxylic acids is 2. The van der Waals surface area contributed by atoms with Gasteiger partial charge in [-0.2, -0.15) is 0 Å². The van der Waals surface area contributed by atoms with Crippen LogP contribution in [-0.4, -0.2) is 103 Å². The Hall–Kier alpha value is -1.26. The third kappa shape index (κ3) is 29.7. The van der Waals surface area contributed by atoms with Crippen LogP contribution in [0.25, 0.3) is 0 Å². The molecule has 0 heterocycles. The van der Waals surface area contributed by atoms with E-state index in [0.717, 1.165) is 51.4 Å². The van der Waals surface area contributed by atoms with Gasteiger partial charge in [-0.1, -0.05) is 154 Å². The highest BCUT2D eigenvalue weighted by Gasteiger charge is 2.54. The largest absolute Gasteiger partial charge is 0.472 e. The zero-order chi connectivity index (χ0) is 45.4. The topological polar surface area (TPSA) is 256 Å². The van der Waals surface area contributed by atoms with Gasteiger partial charge in [0.15, 0.2) is 6.10 Å². The minimum atomic E-state index is -5.36. The van der Waals surface area contributed by atoms with Crippen LogP contribution in [0.5, 0.6) is 0 Å². The number of carbonyl (C=O) groups is 2. The number of unbranched alkanes of at least 4 members (excludes halogenated alkanes) is 23. The number of phosphoric acid groups is 2. The summed E-state index contributed by atoms with van der Waals surface area (Å²) in [5.41, 5.74) is 0. The fraction of sp³-hybridized carbons (Fsp3) is 0.907. The molecule has 1 fully saturated rings. The Labute approximate surface area is 365 Å². The van der Waals surface area contributed by atoms with E-state index >= 15 is 0 Å². The number of ether oxygens (including phenoxy) is 2. The van der Waals surface area contributed by atoms with E-state index in [-0.39, 0.29) is 12.8 Å². The Morgan fingerprint density at radius 2 is 0.902 bits per heavy atom. The van der Waals surface area contributed by atoms with Crippen molar-refractivity contribution in [2.24, 2.45) is 0 Å². The first-order valence-corrected chi connectivity index (χ1v) is 26.3. The maximum Gasteiger partial charge on any atom is 0.472 e. The van der Waals surface area contributed by atoms with Gasteiger partial charge in [0.25, 0.3) is 0 Å². The average Bonchev–Trinajstić information content (AvgIpc) is 3.21. The third-order valence-electron chi connectivity index (χ3n) is 10.8. The van der Waals surface area contributed by atoms with Crippen molar-refractivity contribution in [2.75, 3.05) is 13.2 Å². The predicted octanol–water partition coefficient (Wildman–Crippen LogP) is 8.40. The monoisotopic (exact) mass is 917 g/mol. The number of esters is 2. The van der Waals surface area contributed by atoms with Crippen molar-refractivity contribution in [3.8, 4) is 0 Å². The molecule has 0 aliphatic heterocycles. The summed E-state index contributed by atoms with van der Waals surface area (Å²) in [6, 6.07) is 0. The first kappa shape index (κ1) is 57.8. The lowest BCUT2D eigenvalue weighted by Gasteiger charge is -2.43. The molecule has 1 aliphatic rings. The molecule has 1 unspecified atom stereocenters. The van der Waals surface area contributed by atoms with E-state index in [2.05, 4.69) is 30.5 Å². The van der Waals surface area contributed by atoms with Crippen molar-refractivity contribution < 1.29 is 76.9 Å². The van der Waals surface area contributed by atoms with Gasteiger partial charge in [-0.3, -0.25) is 23.2 Å². The van der Waals surface area contributed by atoms with E-state index in [1.807, 2.05) is 0 Å². The van der Waals surface area contributed by atoms with Crippen LogP contribution in [0.2, 0.25) is 0 Å². The van der Waals surface area contributed by atoms with Crippen LogP contribution in [0.15, 0.2) is 12.2 Å². The number of allylic oxidation sites excluding steroid dienone is 2. The lowest BCUT2D eigenvalue weighted by molar-refractivity contribution is -0.216. The van der Waals surface area contributed by atoms with Crippen LogP contribution in [0.3, 0.4) is 0 Å². The fourth-order valence-corrected chi connectivity index (χ4v) is 8.74. The number of aliphatic hydroxyl groups is 4. The van der Waals surface area contributed by atoms with E-state index in [1.165, 1.54) is 103 Å². The molecule has 7 N–H and O–H groups in total. The second-order valence-electron chi connectivity index (χ2n) is 16.5. The van der Waals surface area contributed by atoms with Gasteiger partial charge in [-0.05, 0) is 38.5 Å². The zero-order valence-corrected chi connectivity index (χ0v) is 38.9. The number of hydrogen-bond donors (Lipinski definition) is 7. The van der Waals surface area contributed by atoms with E-state index in [9.17, 15) is 44.0 Å². The minimum Gasteiger partial charge on any atom is -0.462 e. The summed E-state index contributed by atoms with van der Waals surface area (Å²) in [7, 11) is -10.7. The first-order chi connectivity index (χ1) is 29.1. The summed E-state index contributed by atoms with van der Waals surface area (Å²) < 4.78 is 49.3. The highest BCUT2D eigenvalue weighted by molar-refractivity contribution is 7.47. The highest BCUT2D eigenvalue weighted by atomic mass is 31.2. The third-order valence-corrected chi connectivity index (χ3v) is 12.3. The summed E-state index contributed by atoms with van der Waals surface area (Å²) >= 11 is 0. The lowest BCUT2D eigenvalue weighted by Crippen LogP contribution is -2.64. The van der Waals surface area contributed by atoms with Gasteiger partial charge >= 0.3 is 27.6 Å². The summed E-state index contributed by atoms with van der Waals surface area (Å²) in [5, 5.41) is 41.2. The predicted molar refractivity (Wildman–Crippen MR) is 232 cm³/mol. The summed E-state index contributed by atoms with van der Waals surface area (Å²) in [6.07, 6.45) is 19.0. The molecule has 0 saturated heterocycles. The fourth-order valence-electron chi connectivity index (χ4n) is 7.20. The molecule has 0 bridgehead atoms. The molecule has 8 atom stereocenters. The van der Waals surface area contributed by atoms with Crippen LogP contribution >= 0.6 is 15.6 Å². The SMILES string of the molecule is CCCCCCCCC/C=C\CCCCC(=O)O[C@H](COC(=O)CCCCCCCCCCCCCCCCC)COP(=O)(O)O[C@H]1[C@H](O)[C@@H](OP(=O)(O)O)[C@H](O)[C@@H](O)[C@H]1O. The summed E-state index contributed by atoms with van der Waals surface area (Å²) in [6.45, 7) is 3.09. The molecule has 0 radical (unpaired) electrons. The van der Waals surface area contributed by atoms with E-state index in [4.69, 9.17) is 28.3 Å². The van der Waals surface area contributed by atoms with Gasteiger partial charge in [0.05, 0.1) is 6.61 Å². The number of hydrogen-bond acceptors (Lipinski definition) is 13. The molecular weight excluding hydrogens is 834 g/mol. The van der Waals surface area contributed by atoms with Crippen molar-refractivity contribution in [2.45, 2.75) is 236 Å². The molecule has 16 nitrogen and oxygen atoms in total. The molecule has 1 aliphatic carbocycles. The van der Waals surface area contributed by atoms with Gasteiger partial charge in [0.1, 0.15) is 43.2 Å². The highest BCUT2D eigenvalue weighted by Crippen LogP contribution is 2.49. The van der Waals surface area contributed by atoms with Crippen molar-refractivity contribution in [1.29, 1.82) is 0 Å². The molecule has 0 aromatic rings. The van der Waals surface area contributed by atoms with E-state index in [1.54, 1.807) is 0 Å². The minimum absolute atomic E-state index is 0.0179.